The summed E-state index contributed by atoms with van der Waals surface area (Å²) in [6.45, 7) is 2.80. The SMILES string of the molecule is Clc1nc(N2CCOCC2)nc(Cl)c1-c1ccc(Br)cc1. The summed E-state index contributed by atoms with van der Waals surface area (Å²) >= 11 is 16.0. The van der Waals surface area contributed by atoms with Crippen LogP contribution in [-0.2, 0) is 4.74 Å². The van der Waals surface area contributed by atoms with E-state index >= 15 is 0 Å². The van der Waals surface area contributed by atoms with Crippen LogP contribution in [0.2, 0.25) is 10.3 Å². The summed E-state index contributed by atoms with van der Waals surface area (Å²) in [5.41, 5.74) is 1.55. The van der Waals surface area contributed by atoms with E-state index in [9.17, 15) is 0 Å². The van der Waals surface area contributed by atoms with Gasteiger partial charge in [-0.1, -0.05) is 51.3 Å². The van der Waals surface area contributed by atoms with Gasteiger partial charge in [0.15, 0.2) is 0 Å². The van der Waals surface area contributed by atoms with Crippen LogP contribution in [0.25, 0.3) is 11.1 Å². The molecule has 1 fully saturated rings. The van der Waals surface area contributed by atoms with Crippen molar-refractivity contribution >= 4 is 45.1 Å². The maximum atomic E-state index is 6.32. The molecule has 0 radical (unpaired) electrons. The molecule has 1 aliphatic rings. The van der Waals surface area contributed by atoms with E-state index in [-0.39, 0.29) is 0 Å². The van der Waals surface area contributed by atoms with Crippen molar-refractivity contribution in [2.24, 2.45) is 0 Å². The molecule has 0 bridgehead atoms. The zero-order chi connectivity index (χ0) is 14.8. The maximum Gasteiger partial charge on any atom is 0.228 e. The molecule has 1 aromatic carbocycles. The maximum absolute atomic E-state index is 6.32. The van der Waals surface area contributed by atoms with Crippen LogP contribution in [0.15, 0.2) is 28.7 Å². The van der Waals surface area contributed by atoms with Crippen LogP contribution in [0.1, 0.15) is 0 Å². The molecule has 0 saturated carbocycles. The quantitative estimate of drug-likeness (QED) is 0.727. The van der Waals surface area contributed by atoms with Gasteiger partial charge in [0, 0.05) is 17.6 Å². The Bertz CT molecular complexity index is 622. The summed E-state index contributed by atoms with van der Waals surface area (Å²) in [7, 11) is 0. The third-order valence-corrected chi connectivity index (χ3v) is 4.31. The van der Waals surface area contributed by atoms with Crippen LogP contribution in [-0.4, -0.2) is 36.3 Å². The second kappa shape index (κ2) is 6.48. The highest BCUT2D eigenvalue weighted by Gasteiger charge is 2.19. The number of benzene rings is 1. The lowest BCUT2D eigenvalue weighted by molar-refractivity contribution is 0.122. The van der Waals surface area contributed by atoms with Crippen LogP contribution in [0.4, 0.5) is 5.95 Å². The van der Waals surface area contributed by atoms with Crippen molar-refractivity contribution in [3.8, 4) is 11.1 Å². The number of morpholine rings is 1. The monoisotopic (exact) mass is 387 g/mol. The molecule has 2 aromatic rings. The van der Waals surface area contributed by atoms with Gasteiger partial charge < -0.3 is 9.64 Å². The number of hydrogen-bond acceptors (Lipinski definition) is 4. The first-order valence-electron chi connectivity index (χ1n) is 6.47. The highest BCUT2D eigenvalue weighted by molar-refractivity contribution is 9.10. The van der Waals surface area contributed by atoms with Gasteiger partial charge in [-0.25, -0.2) is 9.97 Å². The largest absolute Gasteiger partial charge is 0.378 e. The molecule has 0 aliphatic carbocycles. The van der Waals surface area contributed by atoms with E-state index in [0.717, 1.165) is 23.1 Å². The molecule has 21 heavy (non-hydrogen) atoms. The number of ether oxygens (including phenoxy) is 1. The Hall–Kier alpha value is -0.880. The van der Waals surface area contributed by atoms with Crippen LogP contribution in [0.5, 0.6) is 0 Å². The van der Waals surface area contributed by atoms with E-state index in [0.29, 0.717) is 35.0 Å². The molecule has 3 rings (SSSR count). The van der Waals surface area contributed by atoms with Gasteiger partial charge in [-0.05, 0) is 17.7 Å². The smallest absolute Gasteiger partial charge is 0.228 e. The fraction of sp³-hybridized carbons (Fsp3) is 0.286. The third-order valence-electron chi connectivity index (χ3n) is 3.24. The highest BCUT2D eigenvalue weighted by Crippen LogP contribution is 2.34. The number of hydrogen-bond donors (Lipinski definition) is 0. The van der Waals surface area contributed by atoms with Crippen molar-refractivity contribution in [1.82, 2.24) is 9.97 Å². The summed E-state index contributed by atoms with van der Waals surface area (Å²) < 4.78 is 6.31. The van der Waals surface area contributed by atoms with E-state index in [1.165, 1.54) is 0 Å². The van der Waals surface area contributed by atoms with E-state index in [1.807, 2.05) is 29.2 Å². The van der Waals surface area contributed by atoms with E-state index in [2.05, 4.69) is 25.9 Å². The number of halogens is 3. The molecule has 0 amide bonds. The molecule has 0 spiro atoms. The lowest BCUT2D eigenvalue weighted by atomic mass is 10.1. The molecule has 1 saturated heterocycles. The topological polar surface area (TPSA) is 38.2 Å². The van der Waals surface area contributed by atoms with E-state index < -0.39 is 0 Å². The molecule has 2 heterocycles. The predicted octanol–water partition coefficient (Wildman–Crippen LogP) is 4.05. The van der Waals surface area contributed by atoms with Gasteiger partial charge in [0.25, 0.3) is 0 Å². The first kappa shape index (κ1) is 15.0. The van der Waals surface area contributed by atoms with Crippen molar-refractivity contribution in [3.05, 3.63) is 39.0 Å². The molecular formula is C14H12BrCl2N3O. The van der Waals surface area contributed by atoms with Gasteiger partial charge in [0.2, 0.25) is 5.95 Å². The van der Waals surface area contributed by atoms with Gasteiger partial charge in [-0.15, -0.1) is 0 Å². The van der Waals surface area contributed by atoms with Crippen molar-refractivity contribution in [3.63, 3.8) is 0 Å². The lowest BCUT2D eigenvalue weighted by Crippen LogP contribution is -2.37. The number of rotatable bonds is 2. The zero-order valence-corrected chi connectivity index (χ0v) is 14.1. The highest BCUT2D eigenvalue weighted by atomic mass is 79.9. The Morgan fingerprint density at radius 2 is 1.57 bits per heavy atom. The number of nitrogens with zero attached hydrogens (tertiary/aromatic N) is 3. The molecule has 1 aromatic heterocycles. The molecule has 110 valence electrons. The summed E-state index contributed by atoms with van der Waals surface area (Å²) in [6.07, 6.45) is 0. The van der Waals surface area contributed by atoms with Gasteiger partial charge in [0.1, 0.15) is 10.3 Å². The van der Waals surface area contributed by atoms with Crippen LogP contribution >= 0.6 is 39.1 Å². The van der Waals surface area contributed by atoms with Crippen LogP contribution < -0.4 is 4.90 Å². The van der Waals surface area contributed by atoms with Gasteiger partial charge >= 0.3 is 0 Å². The molecule has 7 heteroatoms. The summed E-state index contributed by atoms with van der Waals surface area (Å²) in [5.74, 6) is 0.550. The molecule has 1 aliphatic heterocycles. The first-order chi connectivity index (χ1) is 10.1. The zero-order valence-electron chi connectivity index (χ0n) is 11.0. The van der Waals surface area contributed by atoms with Crippen molar-refractivity contribution in [2.75, 3.05) is 31.2 Å². The Morgan fingerprint density at radius 3 is 2.14 bits per heavy atom. The Morgan fingerprint density at radius 1 is 1.00 bits per heavy atom. The molecular weight excluding hydrogens is 377 g/mol. The van der Waals surface area contributed by atoms with Gasteiger partial charge in [0.05, 0.1) is 18.8 Å². The Labute approximate surface area is 141 Å². The average molecular weight is 389 g/mol. The van der Waals surface area contributed by atoms with Gasteiger partial charge in [-0.2, -0.15) is 0 Å². The van der Waals surface area contributed by atoms with Gasteiger partial charge in [-0.3, -0.25) is 0 Å². The van der Waals surface area contributed by atoms with E-state index in [4.69, 9.17) is 27.9 Å². The van der Waals surface area contributed by atoms with Crippen LogP contribution in [0, 0.1) is 0 Å². The fourth-order valence-corrected chi connectivity index (χ4v) is 3.02. The lowest BCUT2D eigenvalue weighted by Gasteiger charge is -2.27. The standard InChI is InChI=1S/C14H12BrCl2N3O/c15-10-3-1-9(2-4-10)11-12(16)18-14(19-13(11)17)20-5-7-21-8-6-20/h1-4H,5-8H2. The molecule has 4 nitrogen and oxygen atoms in total. The second-order valence-electron chi connectivity index (χ2n) is 4.59. The number of aromatic nitrogens is 2. The van der Waals surface area contributed by atoms with E-state index in [1.54, 1.807) is 0 Å². The number of anilines is 1. The Kier molecular flexibility index (Phi) is 4.64. The Balaban J connectivity index is 1.97. The van der Waals surface area contributed by atoms with Crippen molar-refractivity contribution < 1.29 is 4.74 Å². The second-order valence-corrected chi connectivity index (χ2v) is 6.22. The van der Waals surface area contributed by atoms with Crippen molar-refractivity contribution in [1.29, 1.82) is 0 Å². The normalized spacial score (nSPS) is 15.3. The first-order valence-corrected chi connectivity index (χ1v) is 8.02. The third kappa shape index (κ3) is 3.31. The minimum absolute atomic E-state index is 0.360. The predicted molar refractivity (Wildman–Crippen MR) is 88.2 cm³/mol. The molecule has 0 N–H and O–H groups in total. The minimum Gasteiger partial charge on any atom is -0.378 e. The molecule has 0 atom stereocenters. The fourth-order valence-electron chi connectivity index (χ4n) is 2.16. The average Bonchev–Trinajstić information content (AvgIpc) is 2.49. The summed E-state index contributed by atoms with van der Waals surface area (Å²) in [4.78, 5) is 10.8. The minimum atomic E-state index is 0.360. The summed E-state index contributed by atoms with van der Waals surface area (Å²) in [5, 5.41) is 0.720. The van der Waals surface area contributed by atoms with Crippen LogP contribution in [0.3, 0.4) is 0 Å². The molecule has 0 unspecified atom stereocenters. The van der Waals surface area contributed by atoms with Crippen molar-refractivity contribution in [2.45, 2.75) is 0 Å². The summed E-state index contributed by atoms with van der Waals surface area (Å²) in [6, 6.07) is 7.71.